The molecule has 100 valence electrons. The first-order valence-electron chi connectivity index (χ1n) is 6.38. The normalized spacial score (nSPS) is 10.6. The van der Waals surface area contributed by atoms with E-state index in [0.29, 0.717) is 19.8 Å². The summed E-state index contributed by atoms with van der Waals surface area (Å²) in [5, 5.41) is 0. The second-order valence-electron chi connectivity index (χ2n) is 4.44. The lowest BCUT2D eigenvalue weighted by Crippen LogP contribution is -2.02. The number of hydrogen-bond acceptors (Lipinski definition) is 2. The standard InChI is InChI=1S/C16H18BrNO/c17-16-4-2-1-3-15(16)12-19-11-14-7-5-13(6-8-14)9-10-18/h1-8H,9-12,18H2. The smallest absolute Gasteiger partial charge is 0.0732 e. The first kappa shape index (κ1) is 14.3. The lowest BCUT2D eigenvalue weighted by molar-refractivity contribution is 0.107. The van der Waals surface area contributed by atoms with Crippen molar-refractivity contribution in [2.45, 2.75) is 19.6 Å². The van der Waals surface area contributed by atoms with Crippen molar-refractivity contribution in [3.05, 3.63) is 69.7 Å². The molecule has 0 amide bonds. The summed E-state index contributed by atoms with van der Waals surface area (Å²) in [6.07, 6.45) is 0.929. The van der Waals surface area contributed by atoms with E-state index in [0.717, 1.165) is 10.9 Å². The van der Waals surface area contributed by atoms with Crippen molar-refractivity contribution < 1.29 is 4.74 Å². The average Bonchev–Trinajstić information content (AvgIpc) is 2.43. The van der Waals surface area contributed by atoms with Crippen LogP contribution in [0, 0.1) is 0 Å². The van der Waals surface area contributed by atoms with Gasteiger partial charge in [-0.15, -0.1) is 0 Å². The van der Waals surface area contributed by atoms with Crippen LogP contribution in [0.3, 0.4) is 0 Å². The van der Waals surface area contributed by atoms with Gasteiger partial charge >= 0.3 is 0 Å². The fourth-order valence-corrected chi connectivity index (χ4v) is 2.26. The molecule has 0 unspecified atom stereocenters. The molecule has 0 fully saturated rings. The van der Waals surface area contributed by atoms with E-state index in [1.807, 2.05) is 18.2 Å². The van der Waals surface area contributed by atoms with Gasteiger partial charge in [0.25, 0.3) is 0 Å². The number of rotatable bonds is 6. The zero-order valence-corrected chi connectivity index (χ0v) is 12.4. The van der Waals surface area contributed by atoms with Crippen molar-refractivity contribution in [2.75, 3.05) is 6.54 Å². The minimum atomic E-state index is 0.617. The van der Waals surface area contributed by atoms with Crippen LogP contribution in [-0.2, 0) is 24.4 Å². The lowest BCUT2D eigenvalue weighted by Gasteiger charge is -2.07. The number of halogens is 1. The summed E-state index contributed by atoms with van der Waals surface area (Å²) in [5.41, 5.74) is 9.16. The maximum absolute atomic E-state index is 5.73. The van der Waals surface area contributed by atoms with Gasteiger partial charge in [-0.1, -0.05) is 58.4 Å². The first-order valence-corrected chi connectivity index (χ1v) is 7.18. The van der Waals surface area contributed by atoms with Gasteiger partial charge in [-0.05, 0) is 35.7 Å². The van der Waals surface area contributed by atoms with Gasteiger partial charge in [0.2, 0.25) is 0 Å². The summed E-state index contributed by atoms with van der Waals surface area (Å²) in [4.78, 5) is 0. The zero-order valence-electron chi connectivity index (χ0n) is 10.8. The van der Waals surface area contributed by atoms with Gasteiger partial charge in [0, 0.05) is 4.47 Å². The minimum Gasteiger partial charge on any atom is -0.372 e. The van der Waals surface area contributed by atoms with Crippen LogP contribution in [0.15, 0.2) is 53.0 Å². The van der Waals surface area contributed by atoms with Crippen molar-refractivity contribution in [3.8, 4) is 0 Å². The van der Waals surface area contributed by atoms with E-state index >= 15 is 0 Å². The van der Waals surface area contributed by atoms with Crippen molar-refractivity contribution in [1.82, 2.24) is 0 Å². The molecule has 2 rings (SSSR count). The molecule has 0 aliphatic heterocycles. The first-order chi connectivity index (χ1) is 9.29. The van der Waals surface area contributed by atoms with Crippen LogP contribution in [0.25, 0.3) is 0 Å². The molecule has 0 bridgehead atoms. The molecule has 0 heterocycles. The highest BCUT2D eigenvalue weighted by Gasteiger charge is 1.99. The molecule has 19 heavy (non-hydrogen) atoms. The Hall–Kier alpha value is -1.16. The molecule has 2 aromatic carbocycles. The van der Waals surface area contributed by atoms with Crippen LogP contribution in [0.4, 0.5) is 0 Å². The van der Waals surface area contributed by atoms with Gasteiger partial charge in [-0.25, -0.2) is 0 Å². The Morgan fingerprint density at radius 1 is 0.895 bits per heavy atom. The van der Waals surface area contributed by atoms with Crippen LogP contribution >= 0.6 is 15.9 Å². The summed E-state index contributed by atoms with van der Waals surface area (Å²) >= 11 is 3.52. The summed E-state index contributed by atoms with van der Waals surface area (Å²) in [5.74, 6) is 0. The number of ether oxygens (including phenoxy) is 1. The molecule has 0 saturated heterocycles. The molecule has 0 aliphatic rings. The molecular formula is C16H18BrNO. The van der Waals surface area contributed by atoms with Gasteiger partial charge in [-0.3, -0.25) is 0 Å². The fraction of sp³-hybridized carbons (Fsp3) is 0.250. The largest absolute Gasteiger partial charge is 0.372 e. The van der Waals surface area contributed by atoms with Crippen LogP contribution in [0.2, 0.25) is 0 Å². The predicted octanol–water partition coefficient (Wildman–Crippen LogP) is 3.67. The van der Waals surface area contributed by atoms with E-state index in [1.165, 1.54) is 16.7 Å². The summed E-state index contributed by atoms with van der Waals surface area (Å²) in [7, 11) is 0. The van der Waals surface area contributed by atoms with E-state index in [2.05, 4.69) is 46.3 Å². The molecule has 0 radical (unpaired) electrons. The summed E-state index contributed by atoms with van der Waals surface area (Å²) in [6, 6.07) is 16.5. The average molecular weight is 320 g/mol. The third kappa shape index (κ3) is 4.46. The molecule has 2 N–H and O–H groups in total. The van der Waals surface area contributed by atoms with Crippen LogP contribution in [0.5, 0.6) is 0 Å². The third-order valence-electron chi connectivity index (χ3n) is 2.94. The van der Waals surface area contributed by atoms with E-state index in [1.54, 1.807) is 0 Å². The molecule has 2 nitrogen and oxygen atoms in total. The van der Waals surface area contributed by atoms with Gasteiger partial charge in [0.05, 0.1) is 13.2 Å². The van der Waals surface area contributed by atoms with Crippen LogP contribution in [0.1, 0.15) is 16.7 Å². The Balaban J connectivity index is 1.84. The SMILES string of the molecule is NCCc1ccc(COCc2ccccc2Br)cc1. The van der Waals surface area contributed by atoms with Gasteiger partial charge in [0.15, 0.2) is 0 Å². The third-order valence-corrected chi connectivity index (χ3v) is 3.71. The minimum absolute atomic E-state index is 0.617. The maximum Gasteiger partial charge on any atom is 0.0732 e. The Morgan fingerprint density at radius 3 is 2.26 bits per heavy atom. The summed E-state index contributed by atoms with van der Waals surface area (Å²) < 4.78 is 6.82. The Bertz CT molecular complexity index is 510. The fourth-order valence-electron chi connectivity index (χ4n) is 1.86. The molecule has 0 atom stereocenters. The molecule has 0 aliphatic carbocycles. The van der Waals surface area contributed by atoms with Crippen molar-refractivity contribution in [2.24, 2.45) is 5.73 Å². The Labute approximate surface area is 122 Å². The number of nitrogens with two attached hydrogens (primary N) is 1. The second kappa shape index (κ2) is 7.43. The number of hydrogen-bond donors (Lipinski definition) is 1. The highest BCUT2D eigenvalue weighted by atomic mass is 79.9. The van der Waals surface area contributed by atoms with Crippen molar-refractivity contribution in [1.29, 1.82) is 0 Å². The topological polar surface area (TPSA) is 35.2 Å². The molecule has 0 spiro atoms. The highest BCUT2D eigenvalue weighted by Crippen LogP contribution is 2.17. The van der Waals surface area contributed by atoms with Crippen LogP contribution in [-0.4, -0.2) is 6.54 Å². The lowest BCUT2D eigenvalue weighted by atomic mass is 10.1. The monoisotopic (exact) mass is 319 g/mol. The van der Waals surface area contributed by atoms with Crippen molar-refractivity contribution in [3.63, 3.8) is 0 Å². The van der Waals surface area contributed by atoms with Crippen molar-refractivity contribution >= 4 is 15.9 Å². The predicted molar refractivity (Wildman–Crippen MR) is 81.8 cm³/mol. The maximum atomic E-state index is 5.73. The zero-order chi connectivity index (χ0) is 13.5. The second-order valence-corrected chi connectivity index (χ2v) is 5.29. The molecular weight excluding hydrogens is 302 g/mol. The molecule has 3 heteroatoms. The van der Waals surface area contributed by atoms with E-state index < -0.39 is 0 Å². The summed E-state index contributed by atoms with van der Waals surface area (Å²) in [6.45, 7) is 1.94. The molecule has 0 aromatic heterocycles. The van der Waals surface area contributed by atoms with E-state index in [-0.39, 0.29) is 0 Å². The van der Waals surface area contributed by atoms with E-state index in [4.69, 9.17) is 10.5 Å². The van der Waals surface area contributed by atoms with Gasteiger partial charge < -0.3 is 10.5 Å². The quantitative estimate of drug-likeness (QED) is 0.881. The molecule has 0 saturated carbocycles. The van der Waals surface area contributed by atoms with Gasteiger partial charge in [0.1, 0.15) is 0 Å². The van der Waals surface area contributed by atoms with Gasteiger partial charge in [-0.2, -0.15) is 0 Å². The van der Waals surface area contributed by atoms with E-state index in [9.17, 15) is 0 Å². The Morgan fingerprint density at radius 2 is 1.58 bits per heavy atom. The molecule has 2 aromatic rings. The number of benzene rings is 2. The highest BCUT2D eigenvalue weighted by molar-refractivity contribution is 9.10. The Kier molecular flexibility index (Phi) is 5.58. The van der Waals surface area contributed by atoms with Crippen LogP contribution < -0.4 is 5.73 Å².